The SMILES string of the molecule is C=CCN1C(=O)C(=Cc2cn(C(=O)c3cccs3)nc2-c2ccc(OC)cc2)C(=O)NC1=S. The summed E-state index contributed by atoms with van der Waals surface area (Å²) in [5.41, 5.74) is 1.42. The fourth-order valence-corrected chi connectivity index (χ4v) is 4.13. The first-order valence-corrected chi connectivity index (χ1v) is 11.0. The summed E-state index contributed by atoms with van der Waals surface area (Å²) in [6.45, 7) is 3.77. The molecule has 0 unspecified atom stereocenters. The zero-order valence-corrected chi connectivity index (χ0v) is 19.1. The molecule has 3 aromatic rings. The number of nitrogens with zero attached hydrogens (tertiary/aromatic N) is 3. The standard InChI is InChI=1S/C23H18N4O4S2/c1-3-10-26-21(29)17(20(28)24-23(26)32)12-15-13-27(22(30)18-5-4-11-33-18)25-19(15)14-6-8-16(31-2)9-7-14/h3-9,11-13H,1,10H2,2H3,(H,24,28,32). The number of ether oxygens (including phenoxy) is 1. The number of rotatable bonds is 6. The fraction of sp³-hybridized carbons (Fsp3) is 0.0870. The summed E-state index contributed by atoms with van der Waals surface area (Å²) >= 11 is 6.39. The van der Waals surface area contributed by atoms with Gasteiger partial charge in [0.15, 0.2) is 5.11 Å². The van der Waals surface area contributed by atoms with E-state index < -0.39 is 11.8 Å². The van der Waals surface area contributed by atoms with E-state index in [1.807, 2.05) is 0 Å². The molecule has 1 fully saturated rings. The number of methoxy groups -OCH3 is 1. The Kier molecular flexibility index (Phi) is 6.29. The minimum absolute atomic E-state index is 0.0148. The Morgan fingerprint density at radius 3 is 2.67 bits per heavy atom. The Morgan fingerprint density at radius 2 is 2.03 bits per heavy atom. The van der Waals surface area contributed by atoms with Crippen molar-refractivity contribution >= 4 is 52.5 Å². The molecule has 0 aliphatic carbocycles. The van der Waals surface area contributed by atoms with Crippen LogP contribution in [0.1, 0.15) is 15.2 Å². The molecular formula is C23H18N4O4S2. The molecule has 0 bridgehead atoms. The van der Waals surface area contributed by atoms with Crippen molar-refractivity contribution in [1.82, 2.24) is 20.0 Å². The lowest BCUT2D eigenvalue weighted by Gasteiger charge is -2.27. The third kappa shape index (κ3) is 4.38. The first-order chi connectivity index (χ1) is 15.9. The third-order valence-corrected chi connectivity index (χ3v) is 6.02. The Labute approximate surface area is 198 Å². The van der Waals surface area contributed by atoms with Gasteiger partial charge in [0.05, 0.1) is 12.0 Å². The minimum atomic E-state index is -0.622. The quantitative estimate of drug-likeness (QED) is 0.253. The maximum Gasteiger partial charge on any atom is 0.288 e. The van der Waals surface area contributed by atoms with Crippen LogP contribution in [0.2, 0.25) is 0 Å². The summed E-state index contributed by atoms with van der Waals surface area (Å²) in [7, 11) is 1.56. The summed E-state index contributed by atoms with van der Waals surface area (Å²) in [6.07, 6.45) is 4.43. The highest BCUT2D eigenvalue weighted by atomic mass is 32.1. The fourth-order valence-electron chi connectivity index (χ4n) is 3.23. The highest BCUT2D eigenvalue weighted by molar-refractivity contribution is 7.80. The highest BCUT2D eigenvalue weighted by Gasteiger charge is 2.33. The maximum absolute atomic E-state index is 13.0. The van der Waals surface area contributed by atoms with E-state index >= 15 is 0 Å². The lowest BCUT2D eigenvalue weighted by Crippen LogP contribution is -2.53. The van der Waals surface area contributed by atoms with E-state index in [0.717, 1.165) is 0 Å². The molecule has 2 aromatic heterocycles. The molecule has 3 heterocycles. The molecule has 10 heteroatoms. The number of thiophene rings is 1. The van der Waals surface area contributed by atoms with Crippen molar-refractivity contribution < 1.29 is 19.1 Å². The average molecular weight is 479 g/mol. The van der Waals surface area contributed by atoms with Gasteiger partial charge in [0.1, 0.15) is 17.0 Å². The molecule has 0 radical (unpaired) electrons. The van der Waals surface area contributed by atoms with Gasteiger partial charge in [-0.05, 0) is 54.0 Å². The van der Waals surface area contributed by atoms with Gasteiger partial charge in [0.25, 0.3) is 17.7 Å². The van der Waals surface area contributed by atoms with Gasteiger partial charge in [0, 0.05) is 23.9 Å². The van der Waals surface area contributed by atoms with Crippen LogP contribution in [-0.4, -0.2) is 51.2 Å². The molecule has 0 atom stereocenters. The highest BCUT2D eigenvalue weighted by Crippen LogP contribution is 2.28. The molecule has 8 nitrogen and oxygen atoms in total. The van der Waals surface area contributed by atoms with Gasteiger partial charge in [-0.3, -0.25) is 24.6 Å². The summed E-state index contributed by atoms with van der Waals surface area (Å²) in [5.74, 6) is -0.841. The largest absolute Gasteiger partial charge is 0.497 e. The van der Waals surface area contributed by atoms with Crippen LogP contribution in [0.25, 0.3) is 17.3 Å². The van der Waals surface area contributed by atoms with Crippen LogP contribution in [0.3, 0.4) is 0 Å². The molecule has 33 heavy (non-hydrogen) atoms. The van der Waals surface area contributed by atoms with Crippen molar-refractivity contribution in [2.45, 2.75) is 0 Å². The molecule has 166 valence electrons. The number of thiocarbonyl (C=S) groups is 1. The third-order valence-electron chi connectivity index (χ3n) is 4.84. The van der Waals surface area contributed by atoms with Crippen molar-refractivity contribution in [2.24, 2.45) is 0 Å². The van der Waals surface area contributed by atoms with Crippen LogP contribution in [0.5, 0.6) is 5.75 Å². The van der Waals surface area contributed by atoms with Crippen LogP contribution in [0, 0.1) is 0 Å². The predicted molar refractivity (Wildman–Crippen MR) is 129 cm³/mol. The molecule has 1 aliphatic rings. The Bertz CT molecular complexity index is 1290. The van der Waals surface area contributed by atoms with Gasteiger partial charge in [-0.2, -0.15) is 5.10 Å². The van der Waals surface area contributed by atoms with E-state index in [0.29, 0.717) is 27.4 Å². The molecule has 1 N–H and O–H groups in total. The predicted octanol–water partition coefficient (Wildman–Crippen LogP) is 3.12. The topological polar surface area (TPSA) is 93.5 Å². The number of hydrogen-bond acceptors (Lipinski definition) is 7. The number of carbonyl (C=O) groups is 3. The van der Waals surface area contributed by atoms with Gasteiger partial charge in [-0.25, -0.2) is 4.68 Å². The second-order valence-corrected chi connectivity index (χ2v) is 8.24. The molecule has 2 amide bonds. The smallest absolute Gasteiger partial charge is 0.288 e. The number of nitrogens with one attached hydrogen (secondary N) is 1. The van der Waals surface area contributed by atoms with Crippen molar-refractivity contribution in [3.05, 3.63) is 76.6 Å². The second kappa shape index (κ2) is 9.31. The molecule has 1 aliphatic heterocycles. The Morgan fingerprint density at radius 1 is 1.27 bits per heavy atom. The van der Waals surface area contributed by atoms with Crippen molar-refractivity contribution in [2.75, 3.05) is 13.7 Å². The van der Waals surface area contributed by atoms with Crippen LogP contribution in [-0.2, 0) is 9.59 Å². The number of aromatic nitrogens is 2. The van der Waals surface area contributed by atoms with E-state index in [2.05, 4.69) is 17.0 Å². The summed E-state index contributed by atoms with van der Waals surface area (Å²) in [5, 5.41) is 8.79. The second-order valence-electron chi connectivity index (χ2n) is 6.91. The zero-order valence-electron chi connectivity index (χ0n) is 17.5. The van der Waals surface area contributed by atoms with Crippen LogP contribution in [0.15, 0.2) is 66.2 Å². The van der Waals surface area contributed by atoms with Crippen LogP contribution >= 0.6 is 23.6 Å². The number of benzene rings is 1. The Balaban J connectivity index is 1.82. The number of carbonyl (C=O) groups excluding carboxylic acids is 3. The number of hydrogen-bond donors (Lipinski definition) is 1. The number of amides is 2. The van der Waals surface area contributed by atoms with E-state index in [9.17, 15) is 14.4 Å². The lowest BCUT2D eigenvalue weighted by atomic mass is 10.0. The Hall–Kier alpha value is -3.89. The first kappa shape index (κ1) is 22.3. The molecule has 0 spiro atoms. The molecule has 4 rings (SSSR count). The summed E-state index contributed by atoms with van der Waals surface area (Å²) in [4.78, 5) is 40.2. The van der Waals surface area contributed by atoms with Gasteiger partial charge in [0.2, 0.25) is 0 Å². The van der Waals surface area contributed by atoms with Crippen molar-refractivity contribution in [1.29, 1.82) is 0 Å². The van der Waals surface area contributed by atoms with Gasteiger partial charge >= 0.3 is 0 Å². The minimum Gasteiger partial charge on any atom is -0.497 e. The average Bonchev–Trinajstić information content (AvgIpc) is 3.49. The first-order valence-electron chi connectivity index (χ1n) is 9.75. The molecule has 1 aromatic carbocycles. The van der Waals surface area contributed by atoms with Crippen LogP contribution in [0.4, 0.5) is 0 Å². The van der Waals surface area contributed by atoms with E-state index in [1.165, 1.54) is 39.3 Å². The van der Waals surface area contributed by atoms with Crippen molar-refractivity contribution in [3.63, 3.8) is 0 Å². The van der Waals surface area contributed by atoms with E-state index in [4.69, 9.17) is 17.0 Å². The summed E-state index contributed by atoms with van der Waals surface area (Å²) < 4.78 is 6.41. The van der Waals surface area contributed by atoms with E-state index in [-0.39, 0.29) is 23.1 Å². The van der Waals surface area contributed by atoms with E-state index in [1.54, 1.807) is 48.9 Å². The summed E-state index contributed by atoms with van der Waals surface area (Å²) in [6, 6.07) is 10.6. The van der Waals surface area contributed by atoms with Crippen LogP contribution < -0.4 is 10.1 Å². The molecule has 1 saturated heterocycles. The maximum atomic E-state index is 13.0. The molecular weight excluding hydrogens is 460 g/mol. The van der Waals surface area contributed by atoms with Gasteiger partial charge in [-0.15, -0.1) is 17.9 Å². The normalized spacial score (nSPS) is 15.0. The lowest BCUT2D eigenvalue weighted by molar-refractivity contribution is -0.128. The monoisotopic (exact) mass is 478 g/mol. The van der Waals surface area contributed by atoms with Crippen molar-refractivity contribution in [3.8, 4) is 17.0 Å². The van der Waals surface area contributed by atoms with Gasteiger partial charge < -0.3 is 4.74 Å². The molecule has 0 saturated carbocycles. The van der Waals surface area contributed by atoms with Gasteiger partial charge in [-0.1, -0.05) is 12.1 Å². The zero-order chi connectivity index (χ0) is 23.5.